The number of halogens is 1. The van der Waals surface area contributed by atoms with Crippen LogP contribution in [0.25, 0.3) is 0 Å². The minimum atomic E-state index is -0.153. The van der Waals surface area contributed by atoms with Gasteiger partial charge in [0.05, 0.1) is 17.3 Å². The molecule has 0 aliphatic heterocycles. The summed E-state index contributed by atoms with van der Waals surface area (Å²) in [6.45, 7) is 2.65. The maximum absolute atomic E-state index is 12.0. The number of hydrogen-bond acceptors (Lipinski definition) is 4. The van der Waals surface area contributed by atoms with Gasteiger partial charge in [-0.15, -0.1) is 11.8 Å². The second-order valence-corrected chi connectivity index (χ2v) is 6.00. The predicted molar refractivity (Wildman–Crippen MR) is 87.5 cm³/mol. The molecule has 0 heterocycles. The molecule has 0 saturated heterocycles. The fourth-order valence-corrected chi connectivity index (χ4v) is 2.71. The Balaban J connectivity index is 2.45. The number of rotatable bonds is 7. The first-order chi connectivity index (χ1) is 9.93. The van der Waals surface area contributed by atoms with Crippen molar-refractivity contribution in [1.29, 1.82) is 0 Å². The summed E-state index contributed by atoms with van der Waals surface area (Å²) in [7, 11) is 1.61. The standard InChI is InChI=1S/C14H20ClN3O2S/c1-3-6-17-13(19)8-18(2)14(20)9-21-12-7-10(16)4-5-11(12)15/h4-5,7H,3,6,8-9,16H2,1-2H3,(H,17,19). The molecule has 0 fully saturated rings. The Kier molecular flexibility index (Phi) is 7.39. The number of likely N-dealkylation sites (N-methyl/N-ethyl adjacent to an activating group) is 1. The van der Waals surface area contributed by atoms with Gasteiger partial charge in [0, 0.05) is 24.2 Å². The van der Waals surface area contributed by atoms with E-state index < -0.39 is 0 Å². The molecule has 0 atom stereocenters. The number of hydrogen-bond donors (Lipinski definition) is 2. The molecule has 3 N–H and O–H groups in total. The number of anilines is 1. The first kappa shape index (κ1) is 17.7. The Morgan fingerprint density at radius 2 is 2.14 bits per heavy atom. The topological polar surface area (TPSA) is 75.4 Å². The lowest BCUT2D eigenvalue weighted by Crippen LogP contribution is -2.39. The van der Waals surface area contributed by atoms with Crippen LogP contribution < -0.4 is 11.1 Å². The van der Waals surface area contributed by atoms with Gasteiger partial charge in [-0.3, -0.25) is 9.59 Å². The van der Waals surface area contributed by atoms with E-state index in [9.17, 15) is 9.59 Å². The lowest BCUT2D eigenvalue weighted by molar-refractivity contribution is -0.132. The van der Waals surface area contributed by atoms with Gasteiger partial charge in [-0.2, -0.15) is 0 Å². The summed E-state index contributed by atoms with van der Waals surface area (Å²) in [5.74, 6) is -0.0781. The fraction of sp³-hybridized carbons (Fsp3) is 0.429. The van der Waals surface area contributed by atoms with Crippen LogP contribution in [-0.4, -0.2) is 42.6 Å². The van der Waals surface area contributed by atoms with Gasteiger partial charge < -0.3 is 16.0 Å². The van der Waals surface area contributed by atoms with Crippen molar-refractivity contribution in [2.75, 3.05) is 31.6 Å². The molecule has 0 radical (unpaired) electrons. The Labute approximate surface area is 134 Å². The number of nitrogens with one attached hydrogen (secondary N) is 1. The molecule has 116 valence electrons. The molecular weight excluding hydrogens is 310 g/mol. The predicted octanol–water partition coefficient (Wildman–Crippen LogP) is 2.00. The maximum atomic E-state index is 12.0. The van der Waals surface area contributed by atoms with Crippen molar-refractivity contribution in [2.45, 2.75) is 18.2 Å². The van der Waals surface area contributed by atoms with Crippen molar-refractivity contribution in [3.63, 3.8) is 0 Å². The molecule has 0 aliphatic rings. The molecule has 1 aromatic carbocycles. The van der Waals surface area contributed by atoms with Crippen molar-refractivity contribution in [3.05, 3.63) is 23.2 Å². The van der Waals surface area contributed by atoms with Crippen LogP contribution in [0.2, 0.25) is 5.02 Å². The minimum Gasteiger partial charge on any atom is -0.399 e. The normalized spacial score (nSPS) is 10.2. The summed E-state index contributed by atoms with van der Waals surface area (Å²) in [5.41, 5.74) is 6.28. The zero-order chi connectivity index (χ0) is 15.8. The highest BCUT2D eigenvalue weighted by atomic mass is 35.5. The lowest BCUT2D eigenvalue weighted by Gasteiger charge is -2.16. The smallest absolute Gasteiger partial charge is 0.239 e. The van der Waals surface area contributed by atoms with E-state index >= 15 is 0 Å². The largest absolute Gasteiger partial charge is 0.399 e. The Hall–Kier alpha value is -1.40. The van der Waals surface area contributed by atoms with Crippen LogP contribution in [0.5, 0.6) is 0 Å². The van der Waals surface area contributed by atoms with E-state index in [1.807, 2.05) is 6.92 Å². The summed E-state index contributed by atoms with van der Waals surface area (Å²) < 4.78 is 0. The summed E-state index contributed by atoms with van der Waals surface area (Å²) in [5, 5.41) is 3.29. The SMILES string of the molecule is CCCNC(=O)CN(C)C(=O)CSc1cc(N)ccc1Cl. The molecule has 7 heteroatoms. The first-order valence-corrected chi connectivity index (χ1v) is 7.99. The van der Waals surface area contributed by atoms with E-state index in [0.29, 0.717) is 17.3 Å². The third-order valence-electron chi connectivity index (χ3n) is 2.69. The third kappa shape index (κ3) is 6.27. The fourth-order valence-electron chi connectivity index (χ4n) is 1.50. The molecule has 5 nitrogen and oxygen atoms in total. The van der Waals surface area contributed by atoms with Crippen LogP contribution in [0.3, 0.4) is 0 Å². The molecule has 0 bridgehead atoms. The van der Waals surface area contributed by atoms with Gasteiger partial charge in [-0.25, -0.2) is 0 Å². The van der Waals surface area contributed by atoms with Crippen molar-refractivity contribution in [1.82, 2.24) is 10.2 Å². The molecule has 2 amide bonds. The van der Waals surface area contributed by atoms with Gasteiger partial charge >= 0.3 is 0 Å². The molecule has 21 heavy (non-hydrogen) atoms. The van der Waals surface area contributed by atoms with Gasteiger partial charge in [-0.1, -0.05) is 18.5 Å². The Bertz CT molecular complexity index is 511. The van der Waals surface area contributed by atoms with Gasteiger partial charge in [0.25, 0.3) is 0 Å². The quantitative estimate of drug-likeness (QED) is 0.592. The van der Waals surface area contributed by atoms with Gasteiger partial charge in [0.2, 0.25) is 11.8 Å². The minimum absolute atomic E-state index is 0.0596. The second kappa shape index (κ2) is 8.79. The zero-order valence-corrected chi connectivity index (χ0v) is 13.8. The molecule has 0 saturated carbocycles. The monoisotopic (exact) mass is 329 g/mol. The first-order valence-electron chi connectivity index (χ1n) is 6.62. The van der Waals surface area contributed by atoms with E-state index in [1.165, 1.54) is 16.7 Å². The van der Waals surface area contributed by atoms with Crippen molar-refractivity contribution in [3.8, 4) is 0 Å². The van der Waals surface area contributed by atoms with E-state index in [-0.39, 0.29) is 24.1 Å². The van der Waals surface area contributed by atoms with Crippen LogP contribution in [0.1, 0.15) is 13.3 Å². The number of benzene rings is 1. The highest BCUT2D eigenvalue weighted by Crippen LogP contribution is 2.29. The summed E-state index contributed by atoms with van der Waals surface area (Å²) in [6, 6.07) is 5.14. The molecule has 0 unspecified atom stereocenters. The molecule has 0 aromatic heterocycles. The van der Waals surface area contributed by atoms with Gasteiger partial charge in [0.15, 0.2) is 0 Å². The number of carbonyl (C=O) groups excluding carboxylic acids is 2. The van der Waals surface area contributed by atoms with Crippen molar-refractivity contribution >= 4 is 40.9 Å². The van der Waals surface area contributed by atoms with E-state index in [1.54, 1.807) is 25.2 Å². The molecule has 0 aliphatic carbocycles. The van der Waals surface area contributed by atoms with Crippen LogP contribution >= 0.6 is 23.4 Å². The zero-order valence-electron chi connectivity index (χ0n) is 12.2. The number of thioether (sulfide) groups is 1. The van der Waals surface area contributed by atoms with E-state index in [2.05, 4.69) is 5.32 Å². The van der Waals surface area contributed by atoms with Crippen LogP contribution in [0, 0.1) is 0 Å². The second-order valence-electron chi connectivity index (χ2n) is 4.58. The lowest BCUT2D eigenvalue weighted by atomic mass is 10.3. The number of nitrogen functional groups attached to an aromatic ring is 1. The number of nitrogens with two attached hydrogens (primary N) is 1. The Morgan fingerprint density at radius 1 is 1.43 bits per heavy atom. The molecule has 0 spiro atoms. The van der Waals surface area contributed by atoms with Gasteiger partial charge in [-0.05, 0) is 24.6 Å². The number of nitrogens with zero attached hydrogens (tertiary/aromatic N) is 1. The number of carbonyl (C=O) groups is 2. The molecule has 1 rings (SSSR count). The average Bonchev–Trinajstić information content (AvgIpc) is 2.45. The molecular formula is C14H20ClN3O2S. The van der Waals surface area contributed by atoms with Crippen LogP contribution in [-0.2, 0) is 9.59 Å². The third-order valence-corrected chi connectivity index (χ3v) is 4.17. The highest BCUT2D eigenvalue weighted by molar-refractivity contribution is 8.00. The molecule has 1 aromatic rings. The van der Waals surface area contributed by atoms with E-state index in [0.717, 1.165) is 11.3 Å². The maximum Gasteiger partial charge on any atom is 0.239 e. The van der Waals surface area contributed by atoms with Gasteiger partial charge in [0.1, 0.15) is 0 Å². The number of amides is 2. The Morgan fingerprint density at radius 3 is 2.81 bits per heavy atom. The summed E-state index contributed by atoms with van der Waals surface area (Å²) in [4.78, 5) is 25.7. The highest BCUT2D eigenvalue weighted by Gasteiger charge is 2.13. The van der Waals surface area contributed by atoms with Crippen LogP contribution in [0.15, 0.2) is 23.1 Å². The average molecular weight is 330 g/mol. The van der Waals surface area contributed by atoms with E-state index in [4.69, 9.17) is 17.3 Å². The van der Waals surface area contributed by atoms with Crippen molar-refractivity contribution < 1.29 is 9.59 Å². The van der Waals surface area contributed by atoms with Crippen molar-refractivity contribution in [2.24, 2.45) is 0 Å². The van der Waals surface area contributed by atoms with Crippen LogP contribution in [0.4, 0.5) is 5.69 Å². The summed E-state index contributed by atoms with van der Waals surface area (Å²) >= 11 is 7.34. The summed E-state index contributed by atoms with van der Waals surface area (Å²) in [6.07, 6.45) is 0.868.